The van der Waals surface area contributed by atoms with Gasteiger partial charge in [-0.25, -0.2) is 4.79 Å². The van der Waals surface area contributed by atoms with Crippen LogP contribution in [-0.2, 0) is 11.3 Å². The summed E-state index contributed by atoms with van der Waals surface area (Å²) in [5.74, 6) is 0.386. The van der Waals surface area contributed by atoms with E-state index in [0.29, 0.717) is 31.6 Å². The number of carbonyl (C=O) groups excluding carboxylic acids is 1. The first-order valence-electron chi connectivity index (χ1n) is 11.7. The average molecular weight is 434 g/mol. The number of hydrogen-bond donors (Lipinski definition) is 1. The summed E-state index contributed by atoms with van der Waals surface area (Å²) in [6.07, 6.45) is 7.90. The summed E-state index contributed by atoms with van der Waals surface area (Å²) >= 11 is 0. The Morgan fingerprint density at radius 3 is 2.47 bits per heavy atom. The Morgan fingerprint density at radius 2 is 1.72 bits per heavy atom. The van der Waals surface area contributed by atoms with E-state index in [-0.39, 0.29) is 6.09 Å². The van der Waals surface area contributed by atoms with Crippen LogP contribution < -0.4 is 4.90 Å². The van der Waals surface area contributed by atoms with Gasteiger partial charge in [-0.1, -0.05) is 55.7 Å². The fourth-order valence-corrected chi connectivity index (χ4v) is 4.99. The zero-order valence-electron chi connectivity index (χ0n) is 18.4. The molecule has 0 bridgehead atoms. The van der Waals surface area contributed by atoms with E-state index < -0.39 is 0 Å². The third-order valence-corrected chi connectivity index (χ3v) is 6.88. The fourth-order valence-electron chi connectivity index (χ4n) is 4.99. The highest BCUT2D eigenvalue weighted by Gasteiger charge is 2.24. The lowest BCUT2D eigenvalue weighted by atomic mass is 9.95. The van der Waals surface area contributed by atoms with Gasteiger partial charge in [-0.05, 0) is 30.5 Å². The number of ether oxygens (including phenoxy) is 1. The first-order chi connectivity index (χ1) is 15.7. The number of carbonyl (C=O) groups is 1. The largest absolute Gasteiger partial charge is 0.494 e. The number of hydrogen-bond acceptors (Lipinski definition) is 4. The molecule has 2 fully saturated rings. The highest BCUT2D eigenvalue weighted by molar-refractivity contribution is 5.91. The predicted molar refractivity (Wildman–Crippen MR) is 126 cm³/mol. The van der Waals surface area contributed by atoms with Gasteiger partial charge in [-0.3, -0.25) is 0 Å². The van der Waals surface area contributed by atoms with Gasteiger partial charge >= 0.3 is 6.09 Å². The van der Waals surface area contributed by atoms with Gasteiger partial charge in [0.1, 0.15) is 6.61 Å². The van der Waals surface area contributed by atoms with Crippen LogP contribution in [0.5, 0.6) is 5.88 Å². The van der Waals surface area contributed by atoms with Gasteiger partial charge in [0, 0.05) is 54.9 Å². The number of rotatable bonds is 4. The van der Waals surface area contributed by atoms with E-state index in [9.17, 15) is 9.90 Å². The lowest BCUT2D eigenvalue weighted by Gasteiger charge is -2.35. The number of aromatic hydroxyl groups is 1. The number of piperazine rings is 1. The van der Waals surface area contributed by atoms with E-state index >= 15 is 0 Å². The second kappa shape index (κ2) is 9.15. The standard InChI is InChI=1S/C26H31N3O3/c30-25-24-17-23(12-11-21(24)18-29(25)22-9-5-2-6-10-22)27-13-15-28(16-14-27)26(31)32-19-20-7-3-1-4-8-20/h1,3-4,7-8,11-12,17-18,22,30H,2,5-6,9-10,13-16,19H2. The summed E-state index contributed by atoms with van der Waals surface area (Å²) in [5.41, 5.74) is 2.08. The summed E-state index contributed by atoms with van der Waals surface area (Å²) < 4.78 is 7.55. The van der Waals surface area contributed by atoms with Gasteiger partial charge in [0.05, 0.1) is 0 Å². The molecule has 0 spiro atoms. The van der Waals surface area contributed by atoms with Gasteiger partial charge in [-0.2, -0.15) is 0 Å². The minimum Gasteiger partial charge on any atom is -0.494 e. The molecule has 5 rings (SSSR count). The molecule has 0 atom stereocenters. The van der Waals surface area contributed by atoms with Crippen molar-refractivity contribution in [2.24, 2.45) is 0 Å². The maximum atomic E-state index is 12.4. The molecule has 2 aliphatic rings. The summed E-state index contributed by atoms with van der Waals surface area (Å²) in [6.45, 7) is 3.04. The van der Waals surface area contributed by atoms with Crippen molar-refractivity contribution in [2.45, 2.75) is 44.8 Å². The molecule has 2 heterocycles. The molecule has 6 heteroatoms. The Kier molecular flexibility index (Phi) is 5.93. The minimum absolute atomic E-state index is 0.258. The van der Waals surface area contributed by atoms with E-state index in [1.165, 1.54) is 19.3 Å². The molecule has 1 saturated heterocycles. The summed E-state index contributed by atoms with van der Waals surface area (Å²) in [5, 5.41) is 12.9. The van der Waals surface area contributed by atoms with Crippen LogP contribution in [0.15, 0.2) is 54.7 Å². The Hall–Kier alpha value is -3.15. The van der Waals surface area contributed by atoms with E-state index in [0.717, 1.165) is 48.0 Å². The topological polar surface area (TPSA) is 57.9 Å². The van der Waals surface area contributed by atoms with Crippen LogP contribution in [0, 0.1) is 0 Å². The molecule has 6 nitrogen and oxygen atoms in total. The number of nitrogens with zero attached hydrogens (tertiary/aromatic N) is 3. The maximum absolute atomic E-state index is 12.4. The van der Waals surface area contributed by atoms with Crippen LogP contribution in [0.3, 0.4) is 0 Å². The number of amides is 1. The number of aromatic nitrogens is 1. The average Bonchev–Trinajstić information content (AvgIpc) is 3.19. The van der Waals surface area contributed by atoms with Crippen molar-refractivity contribution < 1.29 is 14.6 Å². The van der Waals surface area contributed by atoms with Crippen molar-refractivity contribution >= 4 is 22.6 Å². The van der Waals surface area contributed by atoms with Crippen LogP contribution in [0.2, 0.25) is 0 Å². The van der Waals surface area contributed by atoms with E-state index in [4.69, 9.17) is 4.74 Å². The second-order valence-electron chi connectivity index (χ2n) is 8.94. The first-order valence-corrected chi connectivity index (χ1v) is 11.7. The van der Waals surface area contributed by atoms with Gasteiger partial charge in [0.15, 0.2) is 5.88 Å². The van der Waals surface area contributed by atoms with Crippen molar-refractivity contribution in [3.63, 3.8) is 0 Å². The van der Waals surface area contributed by atoms with Crippen molar-refractivity contribution in [3.05, 3.63) is 60.3 Å². The summed E-state index contributed by atoms with van der Waals surface area (Å²) in [4.78, 5) is 16.5. The summed E-state index contributed by atoms with van der Waals surface area (Å²) in [7, 11) is 0. The zero-order chi connectivity index (χ0) is 21.9. The molecule has 1 amide bonds. The number of fused-ring (bicyclic) bond motifs is 1. The molecule has 3 aromatic rings. The molecule has 1 aliphatic heterocycles. The minimum atomic E-state index is -0.258. The van der Waals surface area contributed by atoms with Gasteiger partial charge in [0.2, 0.25) is 0 Å². The molecule has 0 unspecified atom stereocenters. The van der Waals surface area contributed by atoms with Crippen molar-refractivity contribution in [1.29, 1.82) is 0 Å². The van der Waals surface area contributed by atoms with Gasteiger partial charge in [-0.15, -0.1) is 0 Å². The Labute approximate surface area is 189 Å². The normalized spacial score (nSPS) is 17.6. The molecule has 1 saturated carbocycles. The Bertz CT molecular complexity index is 1060. The molecular weight excluding hydrogens is 402 g/mol. The van der Waals surface area contributed by atoms with Gasteiger partial charge in [0.25, 0.3) is 0 Å². The maximum Gasteiger partial charge on any atom is 0.410 e. The lowest BCUT2D eigenvalue weighted by molar-refractivity contribution is 0.0942. The van der Waals surface area contributed by atoms with Crippen LogP contribution in [-0.4, -0.2) is 46.8 Å². The molecular formula is C26H31N3O3. The van der Waals surface area contributed by atoms with Gasteiger partial charge < -0.3 is 24.2 Å². The fraction of sp³-hybridized carbons (Fsp3) is 0.423. The Balaban J connectivity index is 1.22. The van der Waals surface area contributed by atoms with E-state index in [1.54, 1.807) is 4.90 Å². The van der Waals surface area contributed by atoms with E-state index in [1.807, 2.05) is 30.3 Å². The van der Waals surface area contributed by atoms with Crippen molar-refractivity contribution in [1.82, 2.24) is 9.47 Å². The first kappa shape index (κ1) is 20.7. The molecule has 2 aromatic carbocycles. The SMILES string of the molecule is O=C(OCc1ccccc1)N1CCN(c2ccc3cn(C4CCCCC4)c(O)c3c2)CC1. The molecule has 1 N–H and O–H groups in total. The highest BCUT2D eigenvalue weighted by Crippen LogP contribution is 2.37. The number of anilines is 1. The highest BCUT2D eigenvalue weighted by atomic mass is 16.6. The monoisotopic (exact) mass is 433 g/mol. The van der Waals surface area contributed by atoms with Crippen LogP contribution >= 0.6 is 0 Å². The molecule has 0 radical (unpaired) electrons. The number of benzene rings is 2. The molecule has 1 aliphatic carbocycles. The third-order valence-electron chi connectivity index (χ3n) is 6.88. The van der Waals surface area contributed by atoms with E-state index in [2.05, 4.69) is 33.9 Å². The predicted octanol–water partition coefficient (Wildman–Crippen LogP) is 5.31. The van der Waals surface area contributed by atoms with Crippen LogP contribution in [0.4, 0.5) is 10.5 Å². The molecule has 168 valence electrons. The molecule has 32 heavy (non-hydrogen) atoms. The third kappa shape index (κ3) is 4.27. The Morgan fingerprint density at radius 1 is 0.969 bits per heavy atom. The van der Waals surface area contributed by atoms with Crippen molar-refractivity contribution in [2.75, 3.05) is 31.1 Å². The van der Waals surface area contributed by atoms with Crippen LogP contribution in [0.1, 0.15) is 43.7 Å². The lowest BCUT2D eigenvalue weighted by Crippen LogP contribution is -2.48. The molecule has 1 aromatic heterocycles. The second-order valence-corrected chi connectivity index (χ2v) is 8.94. The quantitative estimate of drug-likeness (QED) is 0.606. The summed E-state index contributed by atoms with van der Waals surface area (Å²) in [6, 6.07) is 16.5. The zero-order valence-corrected chi connectivity index (χ0v) is 18.4. The van der Waals surface area contributed by atoms with Crippen LogP contribution in [0.25, 0.3) is 10.8 Å². The van der Waals surface area contributed by atoms with Crippen molar-refractivity contribution in [3.8, 4) is 5.88 Å². The smallest absolute Gasteiger partial charge is 0.410 e.